The maximum absolute atomic E-state index is 12.3. The van der Waals surface area contributed by atoms with Gasteiger partial charge >= 0.3 is 12.1 Å². The first-order chi connectivity index (χ1) is 11.0. The fraction of sp³-hybridized carbons (Fsp3) is 0.133. The van der Waals surface area contributed by atoms with E-state index in [4.69, 9.17) is 0 Å². The standard InChI is InChI=1S/C15H11F3N2OS2/c16-15(17,18)14(21)19-9-20-6-5-10(11-3-1-7-22-11)13(20)12-4-2-8-23-12/h1-8H,9H2,(H,19,21). The lowest BCUT2D eigenvalue weighted by Crippen LogP contribution is -2.37. The fourth-order valence-electron chi connectivity index (χ4n) is 2.18. The van der Waals surface area contributed by atoms with E-state index in [0.717, 1.165) is 21.0 Å². The summed E-state index contributed by atoms with van der Waals surface area (Å²) in [6.07, 6.45) is -3.20. The van der Waals surface area contributed by atoms with Gasteiger partial charge in [0, 0.05) is 16.6 Å². The van der Waals surface area contributed by atoms with E-state index in [1.165, 1.54) is 11.3 Å². The molecule has 0 fully saturated rings. The first kappa shape index (κ1) is 15.8. The predicted molar refractivity (Wildman–Crippen MR) is 85.3 cm³/mol. The second-order valence-corrected chi connectivity index (χ2v) is 6.56. The number of rotatable bonds is 4. The largest absolute Gasteiger partial charge is 0.471 e. The second-order valence-electron chi connectivity index (χ2n) is 4.66. The summed E-state index contributed by atoms with van der Waals surface area (Å²) < 4.78 is 38.6. The molecular weight excluding hydrogens is 345 g/mol. The Hall–Kier alpha value is -2.06. The van der Waals surface area contributed by atoms with Gasteiger partial charge in [-0.15, -0.1) is 22.7 Å². The van der Waals surface area contributed by atoms with Crippen LogP contribution in [0.2, 0.25) is 0 Å². The molecule has 8 heteroatoms. The number of hydrogen-bond donors (Lipinski definition) is 1. The molecule has 0 saturated heterocycles. The van der Waals surface area contributed by atoms with Crippen molar-refractivity contribution in [2.75, 3.05) is 0 Å². The van der Waals surface area contributed by atoms with Crippen molar-refractivity contribution in [3.05, 3.63) is 47.3 Å². The number of aromatic nitrogens is 1. The molecule has 0 unspecified atom stereocenters. The SMILES string of the molecule is O=C(NCn1ccc(-c2cccs2)c1-c1cccs1)C(F)(F)F. The van der Waals surface area contributed by atoms with Crippen LogP contribution in [0.1, 0.15) is 0 Å². The summed E-state index contributed by atoms with van der Waals surface area (Å²) in [5.74, 6) is -1.94. The van der Waals surface area contributed by atoms with Gasteiger partial charge in [-0.1, -0.05) is 12.1 Å². The number of nitrogens with zero attached hydrogens (tertiary/aromatic N) is 1. The van der Waals surface area contributed by atoms with Crippen LogP contribution in [-0.2, 0) is 11.5 Å². The van der Waals surface area contributed by atoms with E-state index in [0.29, 0.717) is 0 Å². The summed E-state index contributed by atoms with van der Waals surface area (Å²) in [6, 6.07) is 9.50. The summed E-state index contributed by atoms with van der Waals surface area (Å²) in [5, 5.41) is 5.75. The molecule has 23 heavy (non-hydrogen) atoms. The number of hydrogen-bond acceptors (Lipinski definition) is 3. The molecule has 3 heterocycles. The van der Waals surface area contributed by atoms with Crippen molar-refractivity contribution in [3.8, 4) is 21.0 Å². The minimum Gasteiger partial charge on any atom is -0.330 e. The summed E-state index contributed by atoms with van der Waals surface area (Å²) in [5.41, 5.74) is 1.73. The Morgan fingerprint density at radius 1 is 1.09 bits per heavy atom. The molecule has 3 aromatic rings. The highest BCUT2D eigenvalue weighted by Crippen LogP contribution is 2.37. The van der Waals surface area contributed by atoms with Crippen LogP contribution in [0.3, 0.4) is 0 Å². The molecule has 0 aliphatic carbocycles. The lowest BCUT2D eigenvalue weighted by molar-refractivity contribution is -0.174. The zero-order chi connectivity index (χ0) is 16.4. The monoisotopic (exact) mass is 356 g/mol. The fourth-order valence-corrected chi connectivity index (χ4v) is 3.73. The molecular formula is C15H11F3N2OS2. The van der Waals surface area contributed by atoms with E-state index in [1.807, 2.05) is 46.4 Å². The molecule has 3 rings (SSSR count). The van der Waals surface area contributed by atoms with E-state index in [9.17, 15) is 18.0 Å². The average Bonchev–Trinajstić information content (AvgIpc) is 3.21. The quantitative estimate of drug-likeness (QED) is 0.729. The van der Waals surface area contributed by atoms with Crippen molar-refractivity contribution >= 4 is 28.6 Å². The number of carbonyl (C=O) groups is 1. The summed E-state index contributed by atoms with van der Waals surface area (Å²) in [4.78, 5) is 13.0. The number of amides is 1. The molecule has 120 valence electrons. The molecule has 3 nitrogen and oxygen atoms in total. The minimum atomic E-state index is -4.88. The molecule has 0 saturated carbocycles. The molecule has 0 bridgehead atoms. The van der Waals surface area contributed by atoms with Gasteiger partial charge < -0.3 is 9.88 Å². The lowest BCUT2D eigenvalue weighted by Gasteiger charge is -2.12. The van der Waals surface area contributed by atoms with E-state index < -0.39 is 12.1 Å². The predicted octanol–water partition coefficient (Wildman–Crippen LogP) is 4.58. The van der Waals surface area contributed by atoms with E-state index in [1.54, 1.807) is 22.1 Å². The number of carbonyl (C=O) groups excluding carboxylic acids is 1. The van der Waals surface area contributed by atoms with Crippen LogP contribution in [0, 0.1) is 0 Å². The Balaban J connectivity index is 1.94. The first-order valence-electron chi connectivity index (χ1n) is 6.59. The van der Waals surface area contributed by atoms with Gasteiger partial charge in [-0.05, 0) is 29.0 Å². The highest BCUT2D eigenvalue weighted by molar-refractivity contribution is 7.14. The van der Waals surface area contributed by atoms with Crippen LogP contribution in [0.25, 0.3) is 21.0 Å². The molecule has 0 aliphatic heterocycles. The third-order valence-corrected chi connectivity index (χ3v) is 4.95. The van der Waals surface area contributed by atoms with Gasteiger partial charge in [0.25, 0.3) is 0 Å². The maximum atomic E-state index is 12.3. The number of thiophene rings is 2. The zero-order valence-electron chi connectivity index (χ0n) is 11.6. The van der Waals surface area contributed by atoms with Gasteiger partial charge in [-0.3, -0.25) is 4.79 Å². The summed E-state index contributed by atoms with van der Waals surface area (Å²) in [6.45, 7) is -0.239. The van der Waals surface area contributed by atoms with E-state index >= 15 is 0 Å². The van der Waals surface area contributed by atoms with Crippen molar-refractivity contribution in [2.24, 2.45) is 0 Å². The van der Waals surface area contributed by atoms with Gasteiger partial charge in [0.05, 0.1) is 17.2 Å². The van der Waals surface area contributed by atoms with Crippen LogP contribution in [0.5, 0.6) is 0 Å². The second kappa shape index (κ2) is 6.21. The highest BCUT2D eigenvalue weighted by Gasteiger charge is 2.38. The average molecular weight is 356 g/mol. The van der Waals surface area contributed by atoms with Crippen LogP contribution in [0.4, 0.5) is 13.2 Å². The molecule has 0 atom stereocenters. The molecule has 0 aliphatic rings. The number of nitrogens with one attached hydrogen (secondary N) is 1. The topological polar surface area (TPSA) is 34.0 Å². The van der Waals surface area contributed by atoms with Crippen molar-refractivity contribution in [3.63, 3.8) is 0 Å². The molecule has 0 spiro atoms. The van der Waals surface area contributed by atoms with Gasteiger partial charge in [-0.2, -0.15) is 13.2 Å². The van der Waals surface area contributed by atoms with E-state index in [-0.39, 0.29) is 6.67 Å². The molecule has 3 aromatic heterocycles. The zero-order valence-corrected chi connectivity index (χ0v) is 13.3. The Morgan fingerprint density at radius 2 is 1.74 bits per heavy atom. The van der Waals surface area contributed by atoms with Crippen LogP contribution in [-0.4, -0.2) is 16.7 Å². The molecule has 1 N–H and O–H groups in total. The van der Waals surface area contributed by atoms with Crippen molar-refractivity contribution in [1.29, 1.82) is 0 Å². The van der Waals surface area contributed by atoms with Crippen LogP contribution in [0.15, 0.2) is 47.3 Å². The molecule has 0 aromatic carbocycles. The summed E-state index contributed by atoms with van der Waals surface area (Å²) in [7, 11) is 0. The van der Waals surface area contributed by atoms with Crippen LogP contribution < -0.4 is 5.32 Å². The Labute approximate surface area is 138 Å². The van der Waals surface area contributed by atoms with Gasteiger partial charge in [-0.25, -0.2) is 0 Å². The third kappa shape index (κ3) is 3.32. The number of alkyl halides is 3. The Kier molecular flexibility index (Phi) is 4.27. The lowest BCUT2D eigenvalue weighted by atomic mass is 10.2. The van der Waals surface area contributed by atoms with Gasteiger partial charge in [0.15, 0.2) is 0 Å². The normalized spacial score (nSPS) is 11.6. The number of halogens is 3. The smallest absolute Gasteiger partial charge is 0.330 e. The molecule has 1 amide bonds. The van der Waals surface area contributed by atoms with Crippen LogP contribution >= 0.6 is 22.7 Å². The first-order valence-corrected chi connectivity index (χ1v) is 8.34. The van der Waals surface area contributed by atoms with E-state index in [2.05, 4.69) is 0 Å². The minimum absolute atomic E-state index is 0.239. The Morgan fingerprint density at radius 3 is 2.30 bits per heavy atom. The summed E-state index contributed by atoms with van der Waals surface area (Å²) >= 11 is 3.05. The van der Waals surface area contributed by atoms with Crippen molar-refractivity contribution in [2.45, 2.75) is 12.8 Å². The third-order valence-electron chi connectivity index (χ3n) is 3.17. The maximum Gasteiger partial charge on any atom is 0.471 e. The Bertz CT molecular complexity index is 789. The van der Waals surface area contributed by atoms with Gasteiger partial charge in [0.1, 0.15) is 0 Å². The van der Waals surface area contributed by atoms with Crippen molar-refractivity contribution < 1.29 is 18.0 Å². The molecule has 0 radical (unpaired) electrons. The van der Waals surface area contributed by atoms with Gasteiger partial charge in [0.2, 0.25) is 0 Å². The highest BCUT2D eigenvalue weighted by atomic mass is 32.1. The van der Waals surface area contributed by atoms with Crippen molar-refractivity contribution in [1.82, 2.24) is 9.88 Å².